The minimum Gasteiger partial charge on any atom is -0.494 e. The number of hydrogen-bond acceptors (Lipinski definition) is 2. The van der Waals surface area contributed by atoms with Gasteiger partial charge in [-0.15, -0.1) is 0 Å². The lowest BCUT2D eigenvalue weighted by Crippen LogP contribution is -2.12. The van der Waals surface area contributed by atoms with E-state index in [1.54, 1.807) is 18.2 Å². The molecular formula is C14H21FO2. The highest BCUT2D eigenvalue weighted by Crippen LogP contribution is 2.22. The molecule has 1 N–H and O–H groups in total. The van der Waals surface area contributed by atoms with Crippen molar-refractivity contribution in [1.29, 1.82) is 0 Å². The van der Waals surface area contributed by atoms with Crippen LogP contribution in [-0.4, -0.2) is 18.3 Å². The van der Waals surface area contributed by atoms with Crippen LogP contribution >= 0.6 is 0 Å². The van der Waals surface area contributed by atoms with Crippen molar-refractivity contribution in [3.8, 4) is 5.75 Å². The number of methoxy groups -OCH3 is 1. The monoisotopic (exact) mass is 240 g/mol. The van der Waals surface area contributed by atoms with E-state index >= 15 is 0 Å². The van der Waals surface area contributed by atoms with Gasteiger partial charge in [-0.2, -0.15) is 0 Å². The Morgan fingerprint density at radius 2 is 2.00 bits per heavy atom. The van der Waals surface area contributed by atoms with E-state index in [1.165, 1.54) is 7.11 Å². The molecule has 0 saturated carbocycles. The fourth-order valence-corrected chi connectivity index (χ4v) is 1.75. The van der Waals surface area contributed by atoms with Gasteiger partial charge in [-0.3, -0.25) is 0 Å². The summed E-state index contributed by atoms with van der Waals surface area (Å²) in [6.07, 6.45) is 1.51. The summed E-state index contributed by atoms with van der Waals surface area (Å²) in [5.41, 5.74) is 0.514. The van der Waals surface area contributed by atoms with Gasteiger partial charge in [-0.05, 0) is 30.4 Å². The Morgan fingerprint density at radius 3 is 2.59 bits per heavy atom. The Morgan fingerprint density at radius 1 is 1.29 bits per heavy atom. The van der Waals surface area contributed by atoms with Crippen molar-refractivity contribution in [1.82, 2.24) is 0 Å². The summed E-state index contributed by atoms with van der Waals surface area (Å²) in [7, 11) is 1.44. The van der Waals surface area contributed by atoms with Crippen molar-refractivity contribution in [3.63, 3.8) is 0 Å². The maximum atomic E-state index is 13.8. The lowest BCUT2D eigenvalue weighted by atomic mass is 9.99. The largest absolute Gasteiger partial charge is 0.494 e. The second kappa shape index (κ2) is 6.60. The van der Waals surface area contributed by atoms with Crippen molar-refractivity contribution in [2.45, 2.75) is 39.2 Å². The maximum absolute atomic E-state index is 13.8. The smallest absolute Gasteiger partial charge is 0.168 e. The third-order valence-corrected chi connectivity index (χ3v) is 2.80. The summed E-state index contributed by atoms with van der Waals surface area (Å²) in [6, 6.07) is 5.02. The lowest BCUT2D eigenvalue weighted by Gasteiger charge is -2.13. The zero-order chi connectivity index (χ0) is 12.8. The first-order chi connectivity index (χ1) is 8.04. The quantitative estimate of drug-likeness (QED) is 0.827. The average molecular weight is 240 g/mol. The van der Waals surface area contributed by atoms with Crippen LogP contribution in [0.2, 0.25) is 0 Å². The summed E-state index contributed by atoms with van der Waals surface area (Å²) in [5.74, 6) is 0.428. The van der Waals surface area contributed by atoms with Crippen LogP contribution in [0.3, 0.4) is 0 Å². The van der Waals surface area contributed by atoms with Crippen LogP contribution in [0.25, 0.3) is 0 Å². The average Bonchev–Trinajstić information content (AvgIpc) is 2.29. The number of halogens is 1. The molecule has 96 valence electrons. The van der Waals surface area contributed by atoms with Crippen LogP contribution in [-0.2, 0) is 6.42 Å². The molecule has 1 unspecified atom stereocenters. The number of aliphatic hydroxyl groups is 1. The standard InChI is InChI=1S/C14H21FO2/c1-10(2)7-8-12(16)9-11-5-4-6-13(17-3)14(11)15/h4-6,10,12,16H,7-9H2,1-3H3. The molecule has 0 fully saturated rings. The van der Waals surface area contributed by atoms with Crippen LogP contribution in [0, 0.1) is 11.7 Å². The Balaban J connectivity index is 2.62. The normalized spacial score (nSPS) is 12.8. The first-order valence-corrected chi connectivity index (χ1v) is 6.04. The molecule has 0 bridgehead atoms. The highest BCUT2D eigenvalue weighted by molar-refractivity contribution is 5.31. The van der Waals surface area contributed by atoms with E-state index in [9.17, 15) is 9.50 Å². The van der Waals surface area contributed by atoms with Crippen LogP contribution in [0.4, 0.5) is 4.39 Å². The molecule has 0 aliphatic rings. The van der Waals surface area contributed by atoms with E-state index in [4.69, 9.17) is 4.74 Å². The van der Waals surface area contributed by atoms with Crippen LogP contribution in [0.5, 0.6) is 5.75 Å². The van der Waals surface area contributed by atoms with E-state index in [-0.39, 0.29) is 11.6 Å². The van der Waals surface area contributed by atoms with Gasteiger partial charge in [0.25, 0.3) is 0 Å². The van der Waals surface area contributed by atoms with Crippen LogP contribution in [0.1, 0.15) is 32.3 Å². The van der Waals surface area contributed by atoms with Gasteiger partial charge in [-0.25, -0.2) is 4.39 Å². The molecule has 1 aromatic carbocycles. The van der Waals surface area contributed by atoms with Crippen molar-refractivity contribution in [2.24, 2.45) is 5.92 Å². The third kappa shape index (κ3) is 4.35. The van der Waals surface area contributed by atoms with E-state index in [1.807, 2.05) is 0 Å². The molecule has 0 saturated heterocycles. The summed E-state index contributed by atoms with van der Waals surface area (Å²) >= 11 is 0. The molecular weight excluding hydrogens is 219 g/mol. The third-order valence-electron chi connectivity index (χ3n) is 2.80. The number of hydrogen-bond donors (Lipinski definition) is 1. The van der Waals surface area contributed by atoms with Gasteiger partial charge in [0.05, 0.1) is 13.2 Å². The minimum atomic E-state index is -0.487. The Kier molecular flexibility index (Phi) is 5.42. The van der Waals surface area contributed by atoms with E-state index in [0.717, 1.165) is 6.42 Å². The van der Waals surface area contributed by atoms with Gasteiger partial charge in [0.2, 0.25) is 0 Å². The predicted molar refractivity (Wildman–Crippen MR) is 66.7 cm³/mol. The van der Waals surface area contributed by atoms with Gasteiger partial charge in [0.1, 0.15) is 0 Å². The van der Waals surface area contributed by atoms with E-state index in [2.05, 4.69) is 13.8 Å². The fourth-order valence-electron chi connectivity index (χ4n) is 1.75. The number of benzene rings is 1. The lowest BCUT2D eigenvalue weighted by molar-refractivity contribution is 0.155. The van der Waals surface area contributed by atoms with E-state index in [0.29, 0.717) is 24.3 Å². The second-order valence-corrected chi connectivity index (χ2v) is 4.76. The molecule has 0 aliphatic heterocycles. The molecule has 0 aliphatic carbocycles. The molecule has 0 aromatic heterocycles. The minimum absolute atomic E-state index is 0.235. The van der Waals surface area contributed by atoms with Gasteiger partial charge < -0.3 is 9.84 Å². The molecule has 0 amide bonds. The van der Waals surface area contributed by atoms with Crippen molar-refractivity contribution in [2.75, 3.05) is 7.11 Å². The number of aliphatic hydroxyl groups excluding tert-OH is 1. The van der Waals surface area contributed by atoms with E-state index < -0.39 is 6.10 Å². The molecule has 0 heterocycles. The van der Waals surface area contributed by atoms with Crippen molar-refractivity contribution in [3.05, 3.63) is 29.6 Å². The molecule has 2 nitrogen and oxygen atoms in total. The first kappa shape index (κ1) is 14.0. The van der Waals surface area contributed by atoms with Gasteiger partial charge in [-0.1, -0.05) is 26.0 Å². The molecule has 3 heteroatoms. The van der Waals surface area contributed by atoms with Crippen molar-refractivity contribution < 1.29 is 14.2 Å². The summed E-state index contributed by atoms with van der Waals surface area (Å²) in [5, 5.41) is 9.83. The second-order valence-electron chi connectivity index (χ2n) is 4.76. The molecule has 1 atom stereocenters. The molecule has 17 heavy (non-hydrogen) atoms. The SMILES string of the molecule is COc1cccc(CC(O)CCC(C)C)c1F. The first-order valence-electron chi connectivity index (χ1n) is 6.04. The van der Waals surface area contributed by atoms with Crippen LogP contribution in [0.15, 0.2) is 18.2 Å². The maximum Gasteiger partial charge on any atom is 0.168 e. The van der Waals surface area contributed by atoms with Crippen molar-refractivity contribution >= 4 is 0 Å². The highest BCUT2D eigenvalue weighted by atomic mass is 19.1. The fraction of sp³-hybridized carbons (Fsp3) is 0.571. The highest BCUT2D eigenvalue weighted by Gasteiger charge is 2.13. The summed E-state index contributed by atoms with van der Waals surface area (Å²) in [4.78, 5) is 0. The predicted octanol–water partition coefficient (Wildman–Crippen LogP) is 3.17. The molecule has 0 spiro atoms. The number of ether oxygens (including phenoxy) is 1. The zero-order valence-corrected chi connectivity index (χ0v) is 10.7. The van der Waals surface area contributed by atoms with Crippen LogP contribution < -0.4 is 4.74 Å². The molecule has 0 radical (unpaired) electrons. The summed E-state index contributed by atoms with van der Waals surface area (Å²) < 4.78 is 18.7. The van der Waals surface area contributed by atoms with Gasteiger partial charge >= 0.3 is 0 Å². The van der Waals surface area contributed by atoms with Gasteiger partial charge in [0.15, 0.2) is 11.6 Å². The van der Waals surface area contributed by atoms with Gasteiger partial charge in [0, 0.05) is 6.42 Å². The Hall–Kier alpha value is -1.09. The summed E-state index contributed by atoms with van der Waals surface area (Å²) in [6.45, 7) is 4.22. The topological polar surface area (TPSA) is 29.5 Å². The number of rotatable bonds is 6. The Bertz CT molecular complexity index is 350. The molecule has 1 aromatic rings. The zero-order valence-electron chi connectivity index (χ0n) is 10.7. The molecule has 1 rings (SSSR count). The Labute approximate surface area is 102 Å².